The van der Waals surface area contributed by atoms with E-state index in [9.17, 15) is 4.79 Å². The number of carbonyl (C=O) groups excluding carboxylic acids is 1. The van der Waals surface area contributed by atoms with Gasteiger partial charge in [0.15, 0.2) is 0 Å². The molecule has 2 aromatic rings. The molecule has 4 atom stereocenters. The second kappa shape index (κ2) is 8.87. The van der Waals surface area contributed by atoms with Crippen molar-refractivity contribution >= 4 is 32.8 Å². The monoisotopic (exact) mass is 487 g/mol. The van der Waals surface area contributed by atoms with Gasteiger partial charge >= 0.3 is 5.97 Å². The van der Waals surface area contributed by atoms with Crippen LogP contribution in [0.3, 0.4) is 0 Å². The number of fused-ring (bicyclic) bond motifs is 2. The zero-order valence-electron chi connectivity index (χ0n) is 18.7. The maximum Gasteiger partial charge on any atom is 0.323 e. The molecule has 31 heavy (non-hydrogen) atoms. The molecule has 1 aliphatic carbocycles. The first-order chi connectivity index (χ1) is 15.0. The lowest BCUT2D eigenvalue weighted by Crippen LogP contribution is -2.48. The minimum absolute atomic E-state index is 0.0508. The van der Waals surface area contributed by atoms with Crippen LogP contribution >= 0.6 is 15.9 Å². The molecule has 0 amide bonds. The van der Waals surface area contributed by atoms with E-state index in [4.69, 9.17) is 4.74 Å². The molecule has 0 saturated carbocycles. The Labute approximate surface area is 193 Å². The van der Waals surface area contributed by atoms with Crippen LogP contribution in [0.25, 0.3) is 10.9 Å². The van der Waals surface area contributed by atoms with E-state index in [-0.39, 0.29) is 12.0 Å². The van der Waals surface area contributed by atoms with Crippen LogP contribution in [0, 0.1) is 5.92 Å². The molecule has 1 aromatic heterocycles. The summed E-state index contributed by atoms with van der Waals surface area (Å²) < 4.78 is 9.22. The Bertz CT molecular complexity index is 963. The maximum absolute atomic E-state index is 12.5. The van der Waals surface area contributed by atoms with Crippen LogP contribution in [0.4, 0.5) is 0 Å². The van der Waals surface area contributed by atoms with E-state index in [2.05, 4.69) is 63.0 Å². The maximum atomic E-state index is 12.5. The number of aromatic nitrogens is 1. The van der Waals surface area contributed by atoms with Gasteiger partial charge in [-0.3, -0.25) is 4.79 Å². The highest BCUT2D eigenvalue weighted by Gasteiger charge is 2.40. The number of likely N-dealkylation sites (N-methyl/N-ethyl adjacent to an activating group) is 1. The summed E-state index contributed by atoms with van der Waals surface area (Å²) >= 11 is 3.85. The number of halogens is 1. The summed E-state index contributed by atoms with van der Waals surface area (Å²) in [5.41, 5.74) is 4.29. The fourth-order valence-corrected chi connectivity index (χ4v) is 6.77. The number of likely N-dealkylation sites (tertiary alicyclic amines) is 1. The summed E-state index contributed by atoms with van der Waals surface area (Å²) in [6.07, 6.45) is 7.63. The van der Waals surface area contributed by atoms with E-state index in [1.165, 1.54) is 39.5 Å². The average molecular weight is 488 g/mol. The SMILES string of the molecule is CN1C[C@H](CCOC(=O)[C@H]2CCCCCN2)C[C@@H]2c3cccc4c3c(c(Br)n4C)C[C@H]21. The normalized spacial score (nSPS) is 28.9. The van der Waals surface area contributed by atoms with Gasteiger partial charge in [0.25, 0.3) is 0 Å². The second-order valence-corrected chi connectivity index (χ2v) is 10.6. The number of aryl methyl sites for hydroxylation is 1. The molecular formula is C25H34BrN3O2. The van der Waals surface area contributed by atoms with Crippen molar-refractivity contribution in [1.82, 2.24) is 14.8 Å². The fraction of sp³-hybridized carbons (Fsp3) is 0.640. The highest BCUT2D eigenvalue weighted by molar-refractivity contribution is 9.10. The third-order valence-corrected chi connectivity index (χ3v) is 8.88. The first-order valence-corrected chi connectivity index (χ1v) is 12.7. The molecule has 0 radical (unpaired) electrons. The minimum atomic E-state index is -0.105. The predicted octanol–water partition coefficient (Wildman–Crippen LogP) is 4.37. The molecule has 1 aromatic carbocycles. The topological polar surface area (TPSA) is 46.5 Å². The van der Waals surface area contributed by atoms with Crippen LogP contribution in [-0.4, -0.2) is 54.3 Å². The van der Waals surface area contributed by atoms with Crippen molar-refractivity contribution in [2.24, 2.45) is 13.0 Å². The van der Waals surface area contributed by atoms with E-state index in [1.54, 1.807) is 0 Å². The number of esters is 1. The Morgan fingerprint density at radius 1 is 1.26 bits per heavy atom. The molecule has 3 heterocycles. The van der Waals surface area contributed by atoms with Crippen molar-refractivity contribution in [3.05, 3.63) is 33.9 Å². The number of benzene rings is 1. The van der Waals surface area contributed by atoms with Crippen molar-refractivity contribution in [2.75, 3.05) is 26.7 Å². The van der Waals surface area contributed by atoms with Crippen LogP contribution in [-0.2, 0) is 23.0 Å². The summed E-state index contributed by atoms with van der Waals surface area (Å²) in [6.45, 7) is 2.55. The Kier molecular flexibility index (Phi) is 6.15. The standard InChI is InChI=1S/C25H34BrN3O2/c1-28-15-16(10-12-31-25(30)20-8-4-3-5-11-27-20)13-18-17-7-6-9-21-23(17)19(14-22(18)28)24(26)29(21)2/h6-7,9,16,18,20,22,27H,3-5,8,10-15H2,1-2H3/t16-,18-,20-,22-/m1/s1. The Morgan fingerprint density at radius 2 is 2.13 bits per heavy atom. The Morgan fingerprint density at radius 3 is 3.00 bits per heavy atom. The summed E-state index contributed by atoms with van der Waals surface area (Å²) in [4.78, 5) is 15.0. The highest BCUT2D eigenvalue weighted by Crippen LogP contribution is 2.47. The first kappa shape index (κ1) is 21.5. The molecule has 168 valence electrons. The lowest BCUT2D eigenvalue weighted by Gasteiger charge is -2.45. The van der Waals surface area contributed by atoms with E-state index in [0.717, 1.165) is 45.2 Å². The third kappa shape index (κ3) is 3.96. The van der Waals surface area contributed by atoms with Crippen molar-refractivity contribution in [3.8, 4) is 0 Å². The van der Waals surface area contributed by atoms with E-state index < -0.39 is 0 Å². The van der Waals surface area contributed by atoms with Crippen molar-refractivity contribution in [1.29, 1.82) is 0 Å². The Hall–Kier alpha value is -1.37. The molecule has 2 fully saturated rings. The summed E-state index contributed by atoms with van der Waals surface area (Å²) in [5.74, 6) is 1.06. The lowest BCUT2D eigenvalue weighted by molar-refractivity contribution is -0.146. The zero-order chi connectivity index (χ0) is 21.5. The number of piperidine rings is 1. The third-order valence-electron chi connectivity index (χ3n) is 7.87. The Balaban J connectivity index is 1.27. The molecule has 5 rings (SSSR count). The van der Waals surface area contributed by atoms with Gasteiger partial charge in [-0.15, -0.1) is 0 Å². The number of carbonyl (C=O) groups is 1. The highest BCUT2D eigenvalue weighted by atomic mass is 79.9. The van der Waals surface area contributed by atoms with Gasteiger partial charge in [-0.25, -0.2) is 0 Å². The largest absolute Gasteiger partial charge is 0.465 e. The van der Waals surface area contributed by atoms with Crippen LogP contribution in [0.2, 0.25) is 0 Å². The molecule has 3 aliphatic rings. The van der Waals surface area contributed by atoms with Crippen LogP contribution < -0.4 is 5.32 Å². The molecular weight excluding hydrogens is 454 g/mol. The van der Waals surface area contributed by atoms with Gasteiger partial charge in [0.2, 0.25) is 0 Å². The molecule has 0 bridgehead atoms. The summed E-state index contributed by atoms with van der Waals surface area (Å²) in [5, 5.41) is 4.81. The van der Waals surface area contributed by atoms with Crippen molar-refractivity contribution in [3.63, 3.8) is 0 Å². The fourth-order valence-electron chi connectivity index (χ4n) is 6.22. The molecule has 5 nitrogen and oxygen atoms in total. The van der Waals surface area contributed by atoms with Gasteiger partial charge in [-0.1, -0.05) is 25.0 Å². The zero-order valence-corrected chi connectivity index (χ0v) is 20.3. The quantitative estimate of drug-likeness (QED) is 0.650. The lowest BCUT2D eigenvalue weighted by atomic mass is 9.72. The van der Waals surface area contributed by atoms with Crippen molar-refractivity contribution in [2.45, 2.75) is 62.9 Å². The number of nitrogens with one attached hydrogen (secondary N) is 1. The number of rotatable bonds is 4. The molecule has 2 aliphatic heterocycles. The molecule has 0 unspecified atom stereocenters. The summed E-state index contributed by atoms with van der Waals surface area (Å²) in [6, 6.07) is 7.22. The number of ether oxygens (including phenoxy) is 1. The van der Waals surface area contributed by atoms with Crippen LogP contribution in [0.5, 0.6) is 0 Å². The van der Waals surface area contributed by atoms with Crippen LogP contribution in [0.15, 0.2) is 22.8 Å². The molecule has 0 spiro atoms. The molecule has 1 N–H and O–H groups in total. The van der Waals surface area contributed by atoms with Gasteiger partial charge in [-0.05, 0) is 84.7 Å². The number of nitrogens with zero attached hydrogens (tertiary/aromatic N) is 2. The number of hydrogen-bond donors (Lipinski definition) is 1. The first-order valence-electron chi connectivity index (χ1n) is 11.9. The van der Waals surface area contributed by atoms with E-state index in [0.29, 0.717) is 24.5 Å². The van der Waals surface area contributed by atoms with Gasteiger partial charge in [0, 0.05) is 36.5 Å². The molecule has 2 saturated heterocycles. The van der Waals surface area contributed by atoms with Gasteiger partial charge in [0.1, 0.15) is 6.04 Å². The predicted molar refractivity (Wildman–Crippen MR) is 127 cm³/mol. The van der Waals surface area contributed by atoms with Gasteiger partial charge < -0.3 is 19.5 Å². The minimum Gasteiger partial charge on any atom is -0.465 e. The average Bonchev–Trinajstić information content (AvgIpc) is 2.96. The van der Waals surface area contributed by atoms with E-state index >= 15 is 0 Å². The summed E-state index contributed by atoms with van der Waals surface area (Å²) in [7, 11) is 4.42. The second-order valence-electron chi connectivity index (χ2n) is 9.80. The van der Waals surface area contributed by atoms with Crippen molar-refractivity contribution < 1.29 is 9.53 Å². The van der Waals surface area contributed by atoms with Gasteiger partial charge in [0.05, 0.1) is 11.2 Å². The smallest absolute Gasteiger partial charge is 0.323 e. The van der Waals surface area contributed by atoms with Gasteiger partial charge in [-0.2, -0.15) is 0 Å². The number of hydrogen-bond acceptors (Lipinski definition) is 4. The van der Waals surface area contributed by atoms with Crippen LogP contribution in [0.1, 0.15) is 55.6 Å². The van der Waals surface area contributed by atoms with E-state index in [1.807, 2.05) is 0 Å². The molecule has 6 heteroatoms.